The highest BCUT2D eigenvalue weighted by molar-refractivity contribution is 5.66. The molecule has 0 fully saturated rings. The molecule has 0 bridgehead atoms. The minimum absolute atomic E-state index is 0.675. The maximum absolute atomic E-state index is 8.67. The van der Waals surface area contributed by atoms with Gasteiger partial charge in [0.05, 0.1) is 11.6 Å². The first-order chi connectivity index (χ1) is 8.29. The number of anilines is 1. The topological polar surface area (TPSA) is 49.8 Å². The van der Waals surface area contributed by atoms with E-state index in [1.54, 1.807) is 0 Å². The Kier molecular flexibility index (Phi) is 4.77. The Labute approximate surface area is 102 Å². The first-order valence-electron chi connectivity index (χ1n) is 5.66. The molecule has 2 aromatic carbocycles. The van der Waals surface area contributed by atoms with Gasteiger partial charge in [0.2, 0.25) is 0 Å². The van der Waals surface area contributed by atoms with Crippen LogP contribution in [0.1, 0.15) is 19.4 Å². The molecule has 2 heteroatoms. The fourth-order valence-corrected chi connectivity index (χ4v) is 1.41. The summed E-state index contributed by atoms with van der Waals surface area (Å²) in [6.45, 7) is 4.00. The number of nitrogens with zero attached hydrogens (tertiary/aromatic N) is 1. The maximum Gasteiger partial charge on any atom is 0.0991 e. The van der Waals surface area contributed by atoms with Crippen LogP contribution >= 0.6 is 0 Å². The van der Waals surface area contributed by atoms with Crippen molar-refractivity contribution in [3.8, 4) is 17.2 Å². The molecule has 0 atom stereocenters. The van der Waals surface area contributed by atoms with E-state index in [1.165, 1.54) is 0 Å². The summed E-state index contributed by atoms with van der Waals surface area (Å²) in [5.74, 6) is 0. The van der Waals surface area contributed by atoms with Crippen LogP contribution in [0.4, 0.5) is 5.69 Å². The standard InChI is InChI=1S/C13H10N2.C2H6/c14-9-10-1-3-11(4-2-10)12-5-7-13(15)8-6-12;1-2/h1-8H,15H2;1-2H3. The summed E-state index contributed by atoms with van der Waals surface area (Å²) < 4.78 is 0. The molecule has 0 aliphatic heterocycles. The van der Waals surface area contributed by atoms with Crippen molar-refractivity contribution in [1.29, 1.82) is 5.26 Å². The van der Waals surface area contributed by atoms with Crippen LogP contribution in [0, 0.1) is 11.3 Å². The van der Waals surface area contributed by atoms with Crippen molar-refractivity contribution in [1.82, 2.24) is 0 Å². The Morgan fingerprint density at radius 2 is 1.24 bits per heavy atom. The number of nitriles is 1. The molecule has 0 spiro atoms. The molecule has 0 saturated carbocycles. The molecule has 0 radical (unpaired) electrons. The predicted octanol–water partition coefficient (Wildman–Crippen LogP) is 3.83. The van der Waals surface area contributed by atoms with Crippen molar-refractivity contribution in [2.45, 2.75) is 13.8 Å². The number of hydrogen-bond acceptors (Lipinski definition) is 2. The summed E-state index contributed by atoms with van der Waals surface area (Å²) in [4.78, 5) is 0. The molecule has 0 unspecified atom stereocenters. The lowest BCUT2D eigenvalue weighted by atomic mass is 10.0. The van der Waals surface area contributed by atoms with E-state index in [2.05, 4.69) is 6.07 Å². The third-order valence-corrected chi connectivity index (χ3v) is 2.26. The first-order valence-corrected chi connectivity index (χ1v) is 5.66. The molecule has 2 N–H and O–H groups in total. The molecule has 86 valence electrons. The normalized spacial score (nSPS) is 8.76. The van der Waals surface area contributed by atoms with Crippen LogP contribution in [0.25, 0.3) is 11.1 Å². The summed E-state index contributed by atoms with van der Waals surface area (Å²) in [7, 11) is 0. The molecular formula is C15H16N2. The van der Waals surface area contributed by atoms with Gasteiger partial charge in [0, 0.05) is 5.69 Å². The zero-order valence-corrected chi connectivity index (χ0v) is 10.1. The number of nitrogen functional groups attached to an aromatic ring is 1. The van der Waals surface area contributed by atoms with Crippen LogP contribution in [0.3, 0.4) is 0 Å². The van der Waals surface area contributed by atoms with Gasteiger partial charge in [0.15, 0.2) is 0 Å². The molecular weight excluding hydrogens is 208 g/mol. The van der Waals surface area contributed by atoms with Crippen molar-refractivity contribution < 1.29 is 0 Å². The van der Waals surface area contributed by atoms with Crippen molar-refractivity contribution in [3.05, 3.63) is 54.1 Å². The van der Waals surface area contributed by atoms with Crippen LogP contribution in [0.15, 0.2) is 48.5 Å². The second-order valence-electron chi connectivity index (χ2n) is 3.31. The molecule has 0 saturated heterocycles. The van der Waals surface area contributed by atoms with Crippen molar-refractivity contribution >= 4 is 5.69 Å². The summed E-state index contributed by atoms with van der Waals surface area (Å²) in [5.41, 5.74) is 9.24. The molecule has 0 amide bonds. The molecule has 0 aliphatic carbocycles. The monoisotopic (exact) mass is 224 g/mol. The Morgan fingerprint density at radius 3 is 1.65 bits per heavy atom. The van der Waals surface area contributed by atoms with Gasteiger partial charge in [0.1, 0.15) is 0 Å². The number of rotatable bonds is 1. The molecule has 17 heavy (non-hydrogen) atoms. The lowest BCUT2D eigenvalue weighted by Crippen LogP contribution is -1.84. The van der Waals surface area contributed by atoms with E-state index in [-0.39, 0.29) is 0 Å². The summed E-state index contributed by atoms with van der Waals surface area (Å²) in [5, 5.41) is 8.67. The smallest absolute Gasteiger partial charge is 0.0991 e. The Bertz CT molecular complexity index is 490. The minimum atomic E-state index is 0.675. The van der Waals surface area contributed by atoms with Crippen LogP contribution in [0.2, 0.25) is 0 Å². The van der Waals surface area contributed by atoms with E-state index < -0.39 is 0 Å². The number of benzene rings is 2. The summed E-state index contributed by atoms with van der Waals surface area (Å²) in [6.07, 6.45) is 0. The van der Waals surface area contributed by atoms with Gasteiger partial charge in [-0.15, -0.1) is 0 Å². The highest BCUT2D eigenvalue weighted by atomic mass is 14.5. The molecule has 2 rings (SSSR count). The third kappa shape index (κ3) is 3.35. The molecule has 0 aromatic heterocycles. The Balaban J connectivity index is 0.000000686. The van der Waals surface area contributed by atoms with Crippen molar-refractivity contribution in [2.24, 2.45) is 0 Å². The van der Waals surface area contributed by atoms with E-state index in [0.29, 0.717) is 5.56 Å². The first kappa shape index (κ1) is 12.8. The molecule has 0 aliphatic rings. The van der Waals surface area contributed by atoms with Crippen LogP contribution in [-0.4, -0.2) is 0 Å². The minimum Gasteiger partial charge on any atom is -0.399 e. The highest BCUT2D eigenvalue weighted by Gasteiger charge is 1.97. The highest BCUT2D eigenvalue weighted by Crippen LogP contribution is 2.20. The van der Waals surface area contributed by atoms with Gasteiger partial charge in [-0.25, -0.2) is 0 Å². The van der Waals surface area contributed by atoms with Gasteiger partial charge in [0.25, 0.3) is 0 Å². The number of hydrogen-bond donors (Lipinski definition) is 1. The molecule has 2 aromatic rings. The van der Waals surface area contributed by atoms with E-state index >= 15 is 0 Å². The van der Waals surface area contributed by atoms with Gasteiger partial charge >= 0.3 is 0 Å². The summed E-state index contributed by atoms with van der Waals surface area (Å²) >= 11 is 0. The van der Waals surface area contributed by atoms with E-state index in [4.69, 9.17) is 11.0 Å². The second kappa shape index (κ2) is 6.34. The predicted molar refractivity (Wildman–Crippen MR) is 72.4 cm³/mol. The van der Waals surface area contributed by atoms with Crippen molar-refractivity contribution in [2.75, 3.05) is 5.73 Å². The zero-order chi connectivity index (χ0) is 12.7. The van der Waals surface area contributed by atoms with Gasteiger partial charge < -0.3 is 5.73 Å². The average molecular weight is 224 g/mol. The molecule has 0 heterocycles. The van der Waals surface area contributed by atoms with Gasteiger partial charge in [-0.05, 0) is 35.4 Å². The third-order valence-electron chi connectivity index (χ3n) is 2.26. The Morgan fingerprint density at radius 1 is 0.824 bits per heavy atom. The van der Waals surface area contributed by atoms with Crippen molar-refractivity contribution in [3.63, 3.8) is 0 Å². The molecule has 2 nitrogen and oxygen atoms in total. The van der Waals surface area contributed by atoms with E-state index in [1.807, 2.05) is 62.4 Å². The fraction of sp³-hybridized carbons (Fsp3) is 0.133. The van der Waals surface area contributed by atoms with Crippen LogP contribution < -0.4 is 5.73 Å². The SMILES string of the molecule is CC.N#Cc1ccc(-c2ccc(N)cc2)cc1. The summed E-state index contributed by atoms with van der Waals surface area (Å²) in [6, 6.07) is 17.3. The lowest BCUT2D eigenvalue weighted by molar-refractivity contribution is 1.48. The van der Waals surface area contributed by atoms with E-state index in [0.717, 1.165) is 16.8 Å². The van der Waals surface area contributed by atoms with Gasteiger partial charge in [-0.1, -0.05) is 38.1 Å². The lowest BCUT2D eigenvalue weighted by Gasteiger charge is -2.01. The largest absolute Gasteiger partial charge is 0.399 e. The zero-order valence-electron chi connectivity index (χ0n) is 10.1. The van der Waals surface area contributed by atoms with Gasteiger partial charge in [-0.2, -0.15) is 5.26 Å². The fourth-order valence-electron chi connectivity index (χ4n) is 1.41. The second-order valence-corrected chi connectivity index (χ2v) is 3.31. The van der Waals surface area contributed by atoms with Gasteiger partial charge in [-0.3, -0.25) is 0 Å². The number of nitrogens with two attached hydrogens (primary N) is 1. The van der Waals surface area contributed by atoms with Crippen LogP contribution in [0.5, 0.6) is 0 Å². The maximum atomic E-state index is 8.67. The average Bonchev–Trinajstić information content (AvgIpc) is 2.42. The van der Waals surface area contributed by atoms with E-state index in [9.17, 15) is 0 Å². The van der Waals surface area contributed by atoms with Crippen LogP contribution in [-0.2, 0) is 0 Å². The Hall–Kier alpha value is -2.27. The quantitative estimate of drug-likeness (QED) is 0.748.